The molecule has 6 heterocycles. The molecule has 29 aromatic rings. The maximum absolute atomic E-state index is 5.25. The van der Waals surface area contributed by atoms with Gasteiger partial charge in [0.05, 0.1) is 0 Å². The van der Waals surface area contributed by atoms with Gasteiger partial charge in [0, 0.05) is 0 Å². The average molecular weight is 2040 g/mol. The van der Waals surface area contributed by atoms with Crippen LogP contribution in [0, 0.1) is 0 Å². The molecule has 0 aliphatic heterocycles. The van der Waals surface area contributed by atoms with E-state index in [-0.39, 0.29) is 43.5 Å². The molecule has 0 spiro atoms. The molecule has 0 N–H and O–H groups in total. The zero-order valence-electron chi connectivity index (χ0n) is 78.0. The number of nitrogens with zero attached hydrogens (tertiary/aromatic N) is 9. The van der Waals surface area contributed by atoms with E-state index in [9.17, 15) is 0 Å². The van der Waals surface area contributed by atoms with Gasteiger partial charge in [-0.05, 0) is 0 Å². The Bertz CT molecular complexity index is 10100. The Morgan fingerprint density at radius 3 is 0.697 bits per heavy atom. The standard InChI is InChI=1S/C49H29N3Se.C43H27N3Se.C41H25N3Se/c1-3-13-32-27-35(25-23-30(32)11-1)47-50-48(36-26-24-31-12-2-4-14-33(31)28-36)52-49(51-47)43-22-10-20-41-40-19-9-21-42(45(40)53-46(41)43)44-29-34-15-5-6-16-37(34)38-17-7-8-18-39(38)44;1-3-12-28(13-4-1)32-18-9-19-34(27-32)42-44-41(30-15-5-2-6-16-30)45-43(46-42)38-23-11-22-37-36-21-10-20-35(39(36)47-40(37)38)33-25-24-29-14-7-8-17-31(29)26-33;1-2-12-28(13-3-1)39-42-40(32-23-21-27-11-5-7-15-30(27)25-32)44-41(43-39)36-19-9-18-35-34-17-8-16-33(37(34)45-38(35)36)31-22-20-26-10-4-6-14-29(26)24-31/h1-29H;1-27H;1-25H. The number of aromatic nitrogens is 9. The van der Waals surface area contributed by atoms with E-state index in [1.165, 1.54) is 156 Å². The van der Waals surface area contributed by atoms with Crippen LogP contribution >= 0.6 is 0 Å². The summed E-state index contributed by atoms with van der Waals surface area (Å²) in [6, 6.07) is 175. The van der Waals surface area contributed by atoms with Gasteiger partial charge in [0.25, 0.3) is 0 Å². The van der Waals surface area contributed by atoms with E-state index >= 15 is 0 Å². The number of rotatable bonds is 13. The van der Waals surface area contributed by atoms with Crippen molar-refractivity contribution in [2.75, 3.05) is 0 Å². The average Bonchev–Trinajstić information content (AvgIpc) is 1.60. The van der Waals surface area contributed by atoms with Crippen LogP contribution in [0.1, 0.15) is 0 Å². The first-order valence-electron chi connectivity index (χ1n) is 48.6. The molecule has 0 fully saturated rings. The Kier molecular flexibility index (Phi) is 22.2. The van der Waals surface area contributed by atoms with Crippen molar-refractivity contribution in [2.45, 2.75) is 0 Å². The van der Waals surface area contributed by atoms with Crippen LogP contribution in [-0.4, -0.2) is 88.4 Å². The Hall–Kier alpha value is -17.5. The van der Waals surface area contributed by atoms with E-state index in [4.69, 9.17) is 44.9 Å². The summed E-state index contributed by atoms with van der Waals surface area (Å²) < 4.78 is 8.18. The van der Waals surface area contributed by atoms with Crippen molar-refractivity contribution in [3.8, 4) is 147 Å². The van der Waals surface area contributed by atoms with E-state index in [1.54, 1.807) is 0 Å². The van der Waals surface area contributed by atoms with Gasteiger partial charge in [-0.15, -0.1) is 0 Å². The molecule has 12 heteroatoms. The van der Waals surface area contributed by atoms with Gasteiger partial charge in [0.2, 0.25) is 0 Å². The van der Waals surface area contributed by atoms with Gasteiger partial charge in [-0.1, -0.05) is 0 Å². The molecule has 145 heavy (non-hydrogen) atoms. The van der Waals surface area contributed by atoms with Gasteiger partial charge in [-0.3, -0.25) is 0 Å². The Labute approximate surface area is 852 Å². The van der Waals surface area contributed by atoms with Crippen molar-refractivity contribution in [2.24, 2.45) is 0 Å². The Balaban J connectivity index is 0.000000108. The van der Waals surface area contributed by atoms with Crippen LogP contribution < -0.4 is 0 Å². The molecule has 29 rings (SSSR count). The van der Waals surface area contributed by atoms with Crippen LogP contribution in [0.4, 0.5) is 0 Å². The second-order valence-corrected chi connectivity index (χ2v) is 42.9. The molecule has 0 unspecified atom stereocenters. The zero-order chi connectivity index (χ0) is 95.8. The summed E-state index contributed by atoms with van der Waals surface area (Å²) in [6.07, 6.45) is 0. The molecular formula is C133H81N9Se3. The molecule has 0 radical (unpaired) electrons. The third kappa shape index (κ3) is 16.3. The predicted octanol–water partition coefficient (Wildman–Crippen LogP) is 33.4. The maximum atomic E-state index is 5.25. The Morgan fingerprint density at radius 2 is 0.331 bits per heavy atom. The molecule has 0 aliphatic carbocycles. The first kappa shape index (κ1) is 86.6. The summed E-state index contributed by atoms with van der Waals surface area (Å²) >= 11 is 0.159. The number of hydrogen-bond donors (Lipinski definition) is 0. The summed E-state index contributed by atoms with van der Waals surface area (Å²) in [4.78, 5) is 46.2. The third-order valence-electron chi connectivity index (χ3n) is 27.7. The number of hydrogen-bond acceptors (Lipinski definition) is 9. The molecule has 0 aliphatic rings. The zero-order valence-corrected chi connectivity index (χ0v) is 83.2. The summed E-state index contributed by atoms with van der Waals surface area (Å²) in [5.74, 6) is 6.18. The second-order valence-electron chi connectivity index (χ2n) is 36.5. The third-order valence-corrected chi connectivity index (χ3v) is 35.8. The molecule has 6 aromatic heterocycles. The van der Waals surface area contributed by atoms with Crippen LogP contribution in [0.3, 0.4) is 0 Å². The topological polar surface area (TPSA) is 116 Å². The molecule has 9 nitrogen and oxygen atoms in total. The SMILES string of the molecule is c1ccc(-c2cccc(-c3nc(-c4ccccc4)nc(-c4cccc5c4[se]c4c(-c6ccc7ccccc7c6)cccc45)n3)c2)cc1.c1ccc(-c2nc(-c3ccc4ccccc4c3)nc(-c3cccc4c3[se]c3c(-c5ccc6ccccc6c5)cccc34)n2)cc1.c1ccc2cc(-c3nc(-c4ccc5ccccc5c4)nc(-c4cccc5c4[se]c4c(-c6cc7ccccc7c7ccccc67)cccc45)n3)ccc2c1. The van der Waals surface area contributed by atoms with Gasteiger partial charge < -0.3 is 0 Å². The number of benzene rings is 23. The van der Waals surface area contributed by atoms with Gasteiger partial charge in [-0.2, -0.15) is 0 Å². The predicted molar refractivity (Wildman–Crippen MR) is 609 cm³/mol. The van der Waals surface area contributed by atoms with Gasteiger partial charge in [-0.25, -0.2) is 0 Å². The van der Waals surface area contributed by atoms with E-state index in [0.717, 1.165) is 72.0 Å². The van der Waals surface area contributed by atoms with Crippen molar-refractivity contribution < 1.29 is 0 Å². The van der Waals surface area contributed by atoms with E-state index in [0.29, 0.717) is 52.4 Å². The van der Waals surface area contributed by atoms with E-state index < -0.39 is 0 Å². The van der Waals surface area contributed by atoms with Gasteiger partial charge in [0.1, 0.15) is 0 Å². The van der Waals surface area contributed by atoms with Crippen LogP contribution in [0.2, 0.25) is 0 Å². The molecule has 0 bridgehead atoms. The quantitative estimate of drug-likeness (QED) is 0.0822. The summed E-state index contributed by atoms with van der Waals surface area (Å²) in [5, 5.41) is 25.0. The van der Waals surface area contributed by atoms with E-state index in [1.807, 2.05) is 42.5 Å². The fourth-order valence-corrected chi connectivity index (χ4v) is 29.0. The first-order chi connectivity index (χ1) is 71.8. The first-order valence-corrected chi connectivity index (χ1v) is 53.7. The normalized spacial score (nSPS) is 11.6. The molecule has 0 saturated heterocycles. The summed E-state index contributed by atoms with van der Waals surface area (Å²) in [5.41, 5.74) is 19.0. The minimum atomic E-state index is 0.0173. The summed E-state index contributed by atoms with van der Waals surface area (Å²) in [7, 11) is 0. The molecule has 0 amide bonds. The second kappa shape index (κ2) is 37.2. The molecular weight excluding hydrogens is 1960 g/mol. The minimum absolute atomic E-state index is 0.0173. The number of fused-ring (bicyclic) bond motifs is 17. The van der Waals surface area contributed by atoms with Crippen LogP contribution in [0.25, 0.3) is 280 Å². The van der Waals surface area contributed by atoms with Crippen LogP contribution in [0.5, 0.6) is 0 Å². The monoisotopic (exact) mass is 2040 g/mol. The summed E-state index contributed by atoms with van der Waals surface area (Å²) in [6.45, 7) is 0. The molecule has 0 saturated carbocycles. The van der Waals surface area contributed by atoms with Crippen LogP contribution in [0.15, 0.2) is 491 Å². The van der Waals surface area contributed by atoms with Crippen molar-refractivity contribution in [3.63, 3.8) is 0 Å². The van der Waals surface area contributed by atoms with Crippen molar-refractivity contribution >= 4 is 177 Å². The van der Waals surface area contributed by atoms with Crippen molar-refractivity contribution in [3.05, 3.63) is 491 Å². The van der Waals surface area contributed by atoms with Crippen molar-refractivity contribution in [1.82, 2.24) is 44.9 Å². The van der Waals surface area contributed by atoms with Crippen LogP contribution in [-0.2, 0) is 0 Å². The molecule has 0 atom stereocenters. The van der Waals surface area contributed by atoms with Gasteiger partial charge in [0.15, 0.2) is 0 Å². The van der Waals surface area contributed by atoms with Gasteiger partial charge >= 0.3 is 860 Å². The van der Waals surface area contributed by atoms with E-state index in [2.05, 4.69) is 449 Å². The Morgan fingerprint density at radius 1 is 0.103 bits per heavy atom. The fourth-order valence-electron chi connectivity index (χ4n) is 20.5. The fraction of sp³-hybridized carbons (Fsp3) is 0. The molecule has 23 aromatic carbocycles. The molecule has 676 valence electrons. The van der Waals surface area contributed by atoms with Crippen molar-refractivity contribution in [1.29, 1.82) is 0 Å².